The Hall–Kier alpha value is -3.16. The van der Waals surface area contributed by atoms with Crippen LogP contribution in [0.4, 0.5) is 5.69 Å². The Morgan fingerprint density at radius 2 is 1.66 bits per heavy atom. The van der Waals surface area contributed by atoms with Crippen molar-refractivity contribution < 1.29 is 4.79 Å². The molecule has 4 rings (SSSR count). The van der Waals surface area contributed by atoms with Crippen LogP contribution in [0.1, 0.15) is 16.7 Å². The monoisotopic (exact) mass is 460 g/mol. The van der Waals surface area contributed by atoms with E-state index in [2.05, 4.69) is 47.6 Å². The highest BCUT2D eigenvalue weighted by Crippen LogP contribution is 2.30. The van der Waals surface area contributed by atoms with Crippen molar-refractivity contribution in [2.24, 2.45) is 0 Å². The highest BCUT2D eigenvalue weighted by molar-refractivity contribution is 7.99. The SMILES string of the molecule is Cc1ccc(-c2n[nH]c(=S)n2CC(=O)Nc2ccc(Sc3ccc(C)c(C)c3)cc2)cc1. The molecule has 0 fully saturated rings. The van der Waals surface area contributed by atoms with Gasteiger partial charge in [0, 0.05) is 21.0 Å². The molecule has 3 aromatic carbocycles. The van der Waals surface area contributed by atoms with Crippen molar-refractivity contribution in [3.8, 4) is 11.4 Å². The van der Waals surface area contributed by atoms with Gasteiger partial charge in [0.05, 0.1) is 0 Å². The molecular formula is C25H24N4OS2. The first kappa shape index (κ1) is 22.0. The van der Waals surface area contributed by atoms with Gasteiger partial charge in [-0.05, 0) is 80.5 Å². The third kappa shape index (κ3) is 5.18. The molecule has 0 aliphatic rings. The van der Waals surface area contributed by atoms with Crippen molar-refractivity contribution in [3.05, 3.63) is 88.2 Å². The minimum Gasteiger partial charge on any atom is -0.325 e. The molecule has 0 radical (unpaired) electrons. The molecule has 1 aromatic heterocycles. The van der Waals surface area contributed by atoms with Crippen molar-refractivity contribution >= 4 is 35.6 Å². The predicted octanol–water partition coefficient (Wildman–Crippen LogP) is 6.32. The lowest BCUT2D eigenvalue weighted by atomic mass is 10.1. The number of carbonyl (C=O) groups is 1. The molecule has 0 saturated heterocycles. The molecule has 7 heteroatoms. The van der Waals surface area contributed by atoms with Crippen molar-refractivity contribution in [1.82, 2.24) is 14.8 Å². The van der Waals surface area contributed by atoms with E-state index in [1.807, 2.05) is 55.5 Å². The Kier molecular flexibility index (Phi) is 6.58. The van der Waals surface area contributed by atoms with E-state index in [9.17, 15) is 4.79 Å². The van der Waals surface area contributed by atoms with Gasteiger partial charge in [-0.25, -0.2) is 0 Å². The highest BCUT2D eigenvalue weighted by Gasteiger charge is 2.13. The maximum absolute atomic E-state index is 12.7. The summed E-state index contributed by atoms with van der Waals surface area (Å²) >= 11 is 7.04. The lowest BCUT2D eigenvalue weighted by Gasteiger charge is -2.10. The number of hydrogen-bond donors (Lipinski definition) is 2. The van der Waals surface area contributed by atoms with Crippen LogP contribution < -0.4 is 5.32 Å². The first-order valence-corrected chi connectivity index (χ1v) is 11.5. The molecule has 0 unspecified atom stereocenters. The number of aryl methyl sites for hydroxylation is 3. The molecule has 0 aliphatic heterocycles. The van der Waals surface area contributed by atoms with Gasteiger partial charge in [0.15, 0.2) is 10.6 Å². The van der Waals surface area contributed by atoms with Crippen LogP contribution in [-0.4, -0.2) is 20.7 Å². The molecule has 1 amide bonds. The molecule has 162 valence electrons. The second kappa shape index (κ2) is 9.54. The zero-order valence-corrected chi connectivity index (χ0v) is 19.8. The van der Waals surface area contributed by atoms with Crippen LogP contribution in [0.3, 0.4) is 0 Å². The lowest BCUT2D eigenvalue weighted by molar-refractivity contribution is -0.116. The molecule has 5 nitrogen and oxygen atoms in total. The maximum atomic E-state index is 12.7. The summed E-state index contributed by atoms with van der Waals surface area (Å²) < 4.78 is 2.12. The van der Waals surface area contributed by atoms with Crippen molar-refractivity contribution in [3.63, 3.8) is 0 Å². The minimum absolute atomic E-state index is 0.0810. The van der Waals surface area contributed by atoms with Gasteiger partial charge in [0.25, 0.3) is 0 Å². The number of nitrogens with zero attached hydrogens (tertiary/aromatic N) is 2. The molecule has 0 aliphatic carbocycles. The average molecular weight is 461 g/mol. The predicted molar refractivity (Wildman–Crippen MR) is 133 cm³/mol. The van der Waals surface area contributed by atoms with Crippen LogP contribution in [0, 0.1) is 25.5 Å². The summed E-state index contributed by atoms with van der Waals surface area (Å²) in [4.78, 5) is 15.0. The highest BCUT2D eigenvalue weighted by atomic mass is 32.2. The van der Waals surface area contributed by atoms with Crippen molar-refractivity contribution in [2.75, 3.05) is 5.32 Å². The number of hydrogen-bond acceptors (Lipinski definition) is 4. The van der Waals surface area contributed by atoms with E-state index in [0.29, 0.717) is 10.6 Å². The van der Waals surface area contributed by atoms with Crippen LogP contribution in [0.2, 0.25) is 0 Å². The Balaban J connectivity index is 1.43. The van der Waals surface area contributed by atoms with Crippen molar-refractivity contribution in [2.45, 2.75) is 37.1 Å². The zero-order chi connectivity index (χ0) is 22.7. The molecule has 1 heterocycles. The van der Waals surface area contributed by atoms with E-state index >= 15 is 0 Å². The lowest BCUT2D eigenvalue weighted by Crippen LogP contribution is -2.19. The molecule has 0 saturated carbocycles. The number of rotatable bonds is 6. The van der Waals surface area contributed by atoms with Crippen LogP contribution in [0.5, 0.6) is 0 Å². The zero-order valence-electron chi connectivity index (χ0n) is 18.2. The minimum atomic E-state index is -0.162. The van der Waals surface area contributed by atoms with E-state index in [1.54, 1.807) is 16.3 Å². The summed E-state index contributed by atoms with van der Waals surface area (Å²) in [6.07, 6.45) is 0. The second-order valence-electron chi connectivity index (χ2n) is 7.73. The quantitative estimate of drug-likeness (QED) is 0.330. The number of nitrogens with one attached hydrogen (secondary N) is 2. The Labute approximate surface area is 196 Å². The Morgan fingerprint density at radius 1 is 0.969 bits per heavy atom. The summed E-state index contributed by atoms with van der Waals surface area (Å²) in [6, 6.07) is 22.3. The van der Waals surface area contributed by atoms with E-state index in [-0.39, 0.29) is 12.5 Å². The molecule has 0 spiro atoms. The molecule has 32 heavy (non-hydrogen) atoms. The standard InChI is InChI=1S/C25H24N4OS2/c1-16-4-7-19(8-5-16)24-27-28-25(31)29(24)15-23(30)26-20-9-12-21(13-10-20)32-22-11-6-17(2)18(3)14-22/h4-14H,15H2,1-3H3,(H,26,30)(H,28,31). The average Bonchev–Trinajstić information content (AvgIpc) is 3.13. The van der Waals surface area contributed by atoms with Gasteiger partial charge in [-0.1, -0.05) is 47.7 Å². The third-order valence-electron chi connectivity index (χ3n) is 5.22. The number of aromatic nitrogens is 3. The van der Waals surface area contributed by atoms with Crippen LogP contribution >= 0.6 is 24.0 Å². The van der Waals surface area contributed by atoms with Gasteiger partial charge >= 0.3 is 0 Å². The Morgan fingerprint density at radius 3 is 2.34 bits per heavy atom. The number of amides is 1. The summed E-state index contributed by atoms with van der Waals surface area (Å²) in [5.41, 5.74) is 5.37. The summed E-state index contributed by atoms with van der Waals surface area (Å²) in [6.45, 7) is 6.34. The van der Waals surface area contributed by atoms with Crippen LogP contribution in [-0.2, 0) is 11.3 Å². The normalized spacial score (nSPS) is 10.8. The number of carbonyl (C=O) groups excluding carboxylic acids is 1. The molecule has 0 atom stereocenters. The van der Waals surface area contributed by atoms with Gasteiger partial charge in [0.2, 0.25) is 5.91 Å². The summed E-state index contributed by atoms with van der Waals surface area (Å²) in [5, 5.41) is 10.0. The van der Waals surface area contributed by atoms with Gasteiger partial charge < -0.3 is 5.32 Å². The fourth-order valence-corrected chi connectivity index (χ4v) is 4.36. The topological polar surface area (TPSA) is 62.7 Å². The third-order valence-corrected chi connectivity index (χ3v) is 6.53. The number of aromatic amines is 1. The number of H-pyrrole nitrogens is 1. The molecule has 4 aromatic rings. The largest absolute Gasteiger partial charge is 0.325 e. The fourth-order valence-electron chi connectivity index (χ4n) is 3.25. The van der Waals surface area contributed by atoms with Gasteiger partial charge in [-0.2, -0.15) is 5.10 Å². The van der Waals surface area contributed by atoms with Gasteiger partial charge in [0.1, 0.15) is 6.54 Å². The van der Waals surface area contributed by atoms with Gasteiger partial charge in [-0.3, -0.25) is 14.5 Å². The van der Waals surface area contributed by atoms with Crippen LogP contribution in [0.15, 0.2) is 76.5 Å². The van der Waals surface area contributed by atoms with Gasteiger partial charge in [-0.15, -0.1) is 0 Å². The first-order chi connectivity index (χ1) is 15.4. The maximum Gasteiger partial charge on any atom is 0.244 e. The first-order valence-electron chi connectivity index (χ1n) is 10.3. The van der Waals surface area contributed by atoms with E-state index in [4.69, 9.17) is 12.2 Å². The fraction of sp³-hybridized carbons (Fsp3) is 0.160. The number of benzene rings is 3. The van der Waals surface area contributed by atoms with E-state index < -0.39 is 0 Å². The summed E-state index contributed by atoms with van der Waals surface area (Å²) in [7, 11) is 0. The molecular weight excluding hydrogens is 436 g/mol. The van der Waals surface area contributed by atoms with E-state index in [0.717, 1.165) is 21.7 Å². The number of anilines is 1. The van der Waals surface area contributed by atoms with Crippen LogP contribution in [0.25, 0.3) is 11.4 Å². The summed E-state index contributed by atoms with van der Waals surface area (Å²) in [5.74, 6) is 0.482. The molecule has 2 N–H and O–H groups in total. The second-order valence-corrected chi connectivity index (χ2v) is 9.26. The Bertz CT molecular complexity index is 1310. The van der Waals surface area contributed by atoms with Crippen molar-refractivity contribution in [1.29, 1.82) is 0 Å². The smallest absolute Gasteiger partial charge is 0.244 e. The van der Waals surface area contributed by atoms with E-state index in [1.165, 1.54) is 16.0 Å². The molecule has 0 bridgehead atoms.